The third-order valence-electron chi connectivity index (χ3n) is 3.58. The van der Waals surface area contributed by atoms with E-state index < -0.39 is 21.9 Å². The molecule has 142 valence electrons. The monoisotopic (exact) mass is 446 g/mol. The van der Waals surface area contributed by atoms with E-state index in [1.807, 2.05) is 0 Å². The molecule has 2 heterocycles. The van der Waals surface area contributed by atoms with Gasteiger partial charge in [-0.2, -0.15) is 0 Å². The van der Waals surface area contributed by atoms with Crippen molar-refractivity contribution in [2.45, 2.75) is 17.9 Å². The highest BCUT2D eigenvalue weighted by Gasteiger charge is 2.19. The van der Waals surface area contributed by atoms with Gasteiger partial charge < -0.3 is 5.32 Å². The molecule has 3 aromatic rings. The number of benzene rings is 1. The van der Waals surface area contributed by atoms with Gasteiger partial charge in [-0.25, -0.2) is 22.8 Å². The standard InChI is InChI=1S/C16H13Cl2FN4O2S2/c1-9(12-4-10(17)2-3-14(12)19)22-16-13(18)5-11(6-20-16)27(24,25)23-15-7-26-8-21-15/h2-9,23H,1H3,(H,20,22). The van der Waals surface area contributed by atoms with E-state index in [1.54, 1.807) is 12.3 Å². The van der Waals surface area contributed by atoms with Crippen molar-refractivity contribution in [1.29, 1.82) is 0 Å². The molecule has 6 nitrogen and oxygen atoms in total. The van der Waals surface area contributed by atoms with Crippen LogP contribution in [0.2, 0.25) is 10.0 Å². The minimum Gasteiger partial charge on any atom is -0.362 e. The molecule has 1 unspecified atom stereocenters. The van der Waals surface area contributed by atoms with Crippen LogP contribution in [0.3, 0.4) is 0 Å². The number of nitrogens with zero attached hydrogens (tertiary/aromatic N) is 2. The van der Waals surface area contributed by atoms with E-state index in [9.17, 15) is 12.8 Å². The zero-order valence-corrected chi connectivity index (χ0v) is 16.9. The molecule has 2 aromatic heterocycles. The third kappa shape index (κ3) is 4.67. The Kier molecular flexibility index (Phi) is 5.85. The molecule has 3 rings (SSSR count). The molecule has 0 saturated heterocycles. The summed E-state index contributed by atoms with van der Waals surface area (Å²) in [6.45, 7) is 1.71. The van der Waals surface area contributed by atoms with Gasteiger partial charge in [-0.15, -0.1) is 11.3 Å². The first-order chi connectivity index (χ1) is 12.8. The number of rotatable bonds is 6. The lowest BCUT2D eigenvalue weighted by Gasteiger charge is -2.17. The topological polar surface area (TPSA) is 84.0 Å². The van der Waals surface area contributed by atoms with E-state index in [1.165, 1.54) is 41.1 Å². The molecule has 0 saturated carbocycles. The Morgan fingerprint density at radius 3 is 2.67 bits per heavy atom. The number of halogens is 3. The van der Waals surface area contributed by atoms with Crippen molar-refractivity contribution < 1.29 is 12.8 Å². The van der Waals surface area contributed by atoms with Crippen LogP contribution in [-0.4, -0.2) is 18.4 Å². The zero-order valence-electron chi connectivity index (χ0n) is 13.8. The van der Waals surface area contributed by atoms with Gasteiger partial charge in [0.2, 0.25) is 0 Å². The van der Waals surface area contributed by atoms with Gasteiger partial charge in [-0.1, -0.05) is 23.2 Å². The Morgan fingerprint density at radius 2 is 2.00 bits per heavy atom. The molecule has 1 aromatic carbocycles. The molecule has 0 fully saturated rings. The van der Waals surface area contributed by atoms with E-state index in [-0.39, 0.29) is 21.6 Å². The Balaban J connectivity index is 1.81. The van der Waals surface area contributed by atoms with Gasteiger partial charge in [0, 0.05) is 22.2 Å². The molecule has 1 atom stereocenters. The van der Waals surface area contributed by atoms with Crippen molar-refractivity contribution in [3.05, 3.63) is 62.8 Å². The molecule has 11 heteroatoms. The molecule has 0 radical (unpaired) electrons. The number of hydrogen-bond donors (Lipinski definition) is 2. The maximum absolute atomic E-state index is 14.0. The predicted molar refractivity (Wildman–Crippen MR) is 106 cm³/mol. The summed E-state index contributed by atoms with van der Waals surface area (Å²) < 4.78 is 41.0. The minimum absolute atomic E-state index is 0.0745. The summed E-state index contributed by atoms with van der Waals surface area (Å²) in [6.07, 6.45) is 1.16. The van der Waals surface area contributed by atoms with Crippen LogP contribution in [0.4, 0.5) is 16.0 Å². The normalized spacial score (nSPS) is 12.6. The molecular weight excluding hydrogens is 434 g/mol. The Morgan fingerprint density at radius 1 is 1.22 bits per heavy atom. The highest BCUT2D eigenvalue weighted by molar-refractivity contribution is 7.92. The largest absolute Gasteiger partial charge is 0.362 e. The van der Waals surface area contributed by atoms with Crippen LogP contribution in [0.1, 0.15) is 18.5 Å². The Labute approximate surface area is 169 Å². The van der Waals surface area contributed by atoms with Gasteiger partial charge in [-0.3, -0.25) is 4.72 Å². The van der Waals surface area contributed by atoms with Crippen LogP contribution in [0.15, 0.2) is 46.2 Å². The SMILES string of the molecule is CC(Nc1ncc(S(=O)(=O)Nc2cscn2)cc1Cl)c1cc(Cl)ccc1F. The second-order valence-electron chi connectivity index (χ2n) is 5.51. The number of hydrogen-bond acceptors (Lipinski definition) is 6. The lowest BCUT2D eigenvalue weighted by Crippen LogP contribution is -2.15. The number of sulfonamides is 1. The van der Waals surface area contributed by atoms with Crippen LogP contribution >= 0.6 is 34.5 Å². The first-order valence-electron chi connectivity index (χ1n) is 7.54. The second-order valence-corrected chi connectivity index (χ2v) is 8.76. The average molecular weight is 447 g/mol. The number of pyridine rings is 1. The summed E-state index contributed by atoms with van der Waals surface area (Å²) in [5.41, 5.74) is 1.84. The summed E-state index contributed by atoms with van der Waals surface area (Å²) >= 11 is 13.3. The molecule has 0 spiro atoms. The summed E-state index contributed by atoms with van der Waals surface area (Å²) in [7, 11) is -3.87. The third-order valence-corrected chi connectivity index (χ3v) is 6.01. The van der Waals surface area contributed by atoms with Crippen molar-refractivity contribution in [2.24, 2.45) is 0 Å². The van der Waals surface area contributed by atoms with Gasteiger partial charge in [-0.05, 0) is 31.2 Å². The van der Waals surface area contributed by atoms with Crippen LogP contribution in [0, 0.1) is 5.82 Å². The fourth-order valence-electron chi connectivity index (χ4n) is 2.26. The van der Waals surface area contributed by atoms with Crippen molar-refractivity contribution >= 4 is 56.2 Å². The second kappa shape index (κ2) is 7.97. The fraction of sp³-hybridized carbons (Fsp3) is 0.125. The van der Waals surface area contributed by atoms with Gasteiger partial charge in [0.1, 0.15) is 16.5 Å². The van der Waals surface area contributed by atoms with Crippen molar-refractivity contribution in [2.75, 3.05) is 10.0 Å². The maximum Gasteiger partial charge on any atom is 0.264 e. The molecule has 27 heavy (non-hydrogen) atoms. The molecule has 0 amide bonds. The number of aromatic nitrogens is 2. The first-order valence-corrected chi connectivity index (χ1v) is 10.7. The van der Waals surface area contributed by atoms with E-state index in [0.717, 1.165) is 6.20 Å². The lowest BCUT2D eigenvalue weighted by molar-refractivity contribution is 0.600. The molecule has 2 N–H and O–H groups in total. The quantitative estimate of drug-likeness (QED) is 0.558. The Hall–Kier alpha value is -1.94. The predicted octanol–water partition coefficient (Wildman–Crippen LogP) is 4.96. The highest BCUT2D eigenvalue weighted by Crippen LogP contribution is 2.29. The first kappa shape index (κ1) is 19.8. The van der Waals surface area contributed by atoms with Gasteiger partial charge >= 0.3 is 0 Å². The minimum atomic E-state index is -3.87. The van der Waals surface area contributed by atoms with Gasteiger partial charge in [0.25, 0.3) is 10.0 Å². The Bertz CT molecular complexity index is 1060. The smallest absolute Gasteiger partial charge is 0.264 e. The van der Waals surface area contributed by atoms with Crippen LogP contribution < -0.4 is 10.0 Å². The summed E-state index contributed by atoms with van der Waals surface area (Å²) in [5, 5.41) is 4.98. The highest BCUT2D eigenvalue weighted by atomic mass is 35.5. The van der Waals surface area contributed by atoms with E-state index in [0.29, 0.717) is 10.6 Å². The number of nitrogens with one attached hydrogen (secondary N) is 2. The van der Waals surface area contributed by atoms with Crippen molar-refractivity contribution in [3.63, 3.8) is 0 Å². The summed E-state index contributed by atoms with van der Waals surface area (Å²) in [4.78, 5) is 7.81. The van der Waals surface area contributed by atoms with Gasteiger partial charge in [0.15, 0.2) is 5.82 Å². The summed E-state index contributed by atoms with van der Waals surface area (Å²) in [5.74, 6) is 0.00158. The van der Waals surface area contributed by atoms with Crippen LogP contribution in [0.25, 0.3) is 0 Å². The molecule has 0 aliphatic rings. The number of thiazole rings is 1. The lowest BCUT2D eigenvalue weighted by atomic mass is 10.1. The fourth-order valence-corrected chi connectivity index (χ4v) is 4.26. The number of anilines is 2. The maximum atomic E-state index is 14.0. The van der Waals surface area contributed by atoms with E-state index in [4.69, 9.17) is 23.2 Å². The summed E-state index contributed by atoms with van der Waals surface area (Å²) in [6, 6.07) is 4.98. The molecule has 0 aliphatic carbocycles. The van der Waals surface area contributed by atoms with Crippen molar-refractivity contribution in [1.82, 2.24) is 9.97 Å². The molecule has 0 aliphatic heterocycles. The molecule has 0 bridgehead atoms. The molecular formula is C16H13Cl2FN4O2S2. The van der Waals surface area contributed by atoms with Crippen molar-refractivity contribution in [3.8, 4) is 0 Å². The zero-order chi connectivity index (χ0) is 19.6. The van der Waals surface area contributed by atoms with Crippen LogP contribution in [0.5, 0.6) is 0 Å². The van der Waals surface area contributed by atoms with Crippen LogP contribution in [-0.2, 0) is 10.0 Å². The average Bonchev–Trinajstić information content (AvgIpc) is 3.10. The van der Waals surface area contributed by atoms with Gasteiger partial charge in [0.05, 0.1) is 16.6 Å². The van der Waals surface area contributed by atoms with E-state index >= 15 is 0 Å². The van der Waals surface area contributed by atoms with E-state index in [2.05, 4.69) is 20.0 Å².